The van der Waals surface area contributed by atoms with Crippen LogP contribution >= 0.6 is 0 Å². The number of benzene rings is 1. The molecule has 126 valence electrons. The summed E-state index contributed by atoms with van der Waals surface area (Å²) in [7, 11) is 0.0491. The van der Waals surface area contributed by atoms with Crippen LogP contribution in [-0.4, -0.2) is 48.2 Å². The van der Waals surface area contributed by atoms with Gasteiger partial charge in [-0.25, -0.2) is 4.79 Å². The molecule has 0 aliphatic carbocycles. The van der Waals surface area contributed by atoms with Gasteiger partial charge in [-0.3, -0.25) is 9.00 Å². The zero-order valence-electron chi connectivity index (χ0n) is 13.0. The molecular formula is C16H21NO5S. The van der Waals surface area contributed by atoms with Crippen LogP contribution in [0.25, 0.3) is 0 Å². The third kappa shape index (κ3) is 5.14. The van der Waals surface area contributed by atoms with Gasteiger partial charge in [0.05, 0.1) is 30.4 Å². The molecule has 1 amide bonds. The highest BCUT2D eigenvalue weighted by atomic mass is 32.2. The molecular weight excluding hydrogens is 318 g/mol. The summed E-state index contributed by atoms with van der Waals surface area (Å²) in [5, 5.41) is 2.69. The Kier molecular flexibility index (Phi) is 6.73. The summed E-state index contributed by atoms with van der Waals surface area (Å²) in [6.07, 6.45) is 0.906. The predicted molar refractivity (Wildman–Crippen MR) is 85.2 cm³/mol. The molecule has 1 N–H and O–H groups in total. The van der Waals surface area contributed by atoms with Gasteiger partial charge in [-0.1, -0.05) is 18.2 Å². The van der Waals surface area contributed by atoms with Crippen LogP contribution in [-0.2, 0) is 29.9 Å². The van der Waals surface area contributed by atoms with Gasteiger partial charge in [0.2, 0.25) is 5.91 Å². The molecule has 1 heterocycles. The van der Waals surface area contributed by atoms with Gasteiger partial charge in [0, 0.05) is 17.3 Å². The molecule has 0 spiro atoms. The maximum atomic E-state index is 12.2. The van der Waals surface area contributed by atoms with Gasteiger partial charge in [-0.05, 0) is 25.0 Å². The average molecular weight is 339 g/mol. The minimum atomic E-state index is -1.22. The van der Waals surface area contributed by atoms with Gasteiger partial charge in [0.1, 0.15) is 6.04 Å². The van der Waals surface area contributed by atoms with Gasteiger partial charge < -0.3 is 14.8 Å². The quantitative estimate of drug-likeness (QED) is 0.746. The van der Waals surface area contributed by atoms with Crippen molar-refractivity contribution in [1.29, 1.82) is 0 Å². The molecule has 3 atom stereocenters. The van der Waals surface area contributed by atoms with Crippen LogP contribution < -0.4 is 5.32 Å². The second-order valence-electron chi connectivity index (χ2n) is 5.30. The van der Waals surface area contributed by atoms with Crippen molar-refractivity contribution in [3.8, 4) is 0 Å². The Morgan fingerprint density at radius 3 is 2.74 bits per heavy atom. The van der Waals surface area contributed by atoms with E-state index in [1.807, 2.05) is 18.2 Å². The highest BCUT2D eigenvalue weighted by Gasteiger charge is 2.28. The normalized spacial score (nSPS) is 19.8. The smallest absolute Gasteiger partial charge is 0.328 e. The maximum Gasteiger partial charge on any atom is 0.328 e. The fourth-order valence-corrected chi connectivity index (χ4v) is 3.48. The van der Waals surface area contributed by atoms with Crippen molar-refractivity contribution in [3.05, 3.63) is 30.3 Å². The third-order valence-corrected chi connectivity index (χ3v) is 5.11. The number of methoxy groups -OCH3 is 1. The van der Waals surface area contributed by atoms with E-state index in [4.69, 9.17) is 9.47 Å². The number of ether oxygens (including phenoxy) is 2. The summed E-state index contributed by atoms with van der Waals surface area (Å²) < 4.78 is 22.1. The van der Waals surface area contributed by atoms with E-state index in [9.17, 15) is 13.8 Å². The molecule has 0 radical (unpaired) electrons. The lowest BCUT2D eigenvalue weighted by atomic mass is 10.1. The predicted octanol–water partition coefficient (Wildman–Crippen LogP) is 0.879. The maximum absolute atomic E-state index is 12.2. The first-order valence-corrected chi connectivity index (χ1v) is 8.83. The van der Waals surface area contributed by atoms with E-state index in [1.165, 1.54) is 7.11 Å². The van der Waals surface area contributed by atoms with Crippen LogP contribution in [0, 0.1) is 5.92 Å². The van der Waals surface area contributed by atoms with Gasteiger partial charge in [0.25, 0.3) is 0 Å². The van der Waals surface area contributed by atoms with E-state index in [0.717, 1.165) is 0 Å². The van der Waals surface area contributed by atoms with Crippen molar-refractivity contribution >= 4 is 22.7 Å². The van der Waals surface area contributed by atoms with Crippen LogP contribution in [0.4, 0.5) is 0 Å². The van der Waals surface area contributed by atoms with E-state index >= 15 is 0 Å². The zero-order chi connectivity index (χ0) is 16.7. The highest BCUT2D eigenvalue weighted by Crippen LogP contribution is 2.13. The van der Waals surface area contributed by atoms with E-state index in [0.29, 0.717) is 24.5 Å². The van der Waals surface area contributed by atoms with Crippen molar-refractivity contribution < 1.29 is 23.3 Å². The first kappa shape index (κ1) is 17.6. The lowest BCUT2D eigenvalue weighted by Crippen LogP contribution is -2.45. The SMILES string of the molecule is COC(=O)[C@H](CC[S@@](=O)c1ccccc1)NC(=O)[C@@H]1CCOC1. The van der Waals surface area contributed by atoms with Crippen LogP contribution in [0.1, 0.15) is 12.8 Å². The van der Waals surface area contributed by atoms with Gasteiger partial charge in [0.15, 0.2) is 0 Å². The Morgan fingerprint density at radius 2 is 2.13 bits per heavy atom. The van der Waals surface area contributed by atoms with Crippen molar-refractivity contribution in [2.24, 2.45) is 5.92 Å². The first-order chi connectivity index (χ1) is 11.1. The number of carbonyl (C=O) groups excluding carboxylic acids is 2. The average Bonchev–Trinajstić information content (AvgIpc) is 3.13. The number of carbonyl (C=O) groups is 2. The molecule has 2 rings (SSSR count). The summed E-state index contributed by atoms with van der Waals surface area (Å²) in [4.78, 5) is 24.7. The standard InChI is InChI=1S/C16H21NO5S/c1-21-16(19)14(17-15(18)12-7-9-22-11-12)8-10-23(20)13-5-3-2-4-6-13/h2-6,12,14H,7-11H2,1H3,(H,17,18)/t12-,14+,23-/m1/s1. The molecule has 0 saturated carbocycles. The van der Waals surface area contributed by atoms with Crippen molar-refractivity contribution in [2.45, 2.75) is 23.8 Å². The Hall–Kier alpha value is -1.73. The molecule has 1 aromatic carbocycles. The molecule has 1 fully saturated rings. The van der Waals surface area contributed by atoms with Crippen LogP contribution in [0.3, 0.4) is 0 Å². The lowest BCUT2D eigenvalue weighted by Gasteiger charge is -2.18. The second-order valence-corrected chi connectivity index (χ2v) is 6.87. The van der Waals surface area contributed by atoms with E-state index in [-0.39, 0.29) is 24.0 Å². The fraction of sp³-hybridized carbons (Fsp3) is 0.500. The first-order valence-electron chi connectivity index (χ1n) is 7.51. The van der Waals surface area contributed by atoms with Gasteiger partial charge >= 0.3 is 5.97 Å². The Labute approximate surface area is 138 Å². The van der Waals surface area contributed by atoms with E-state index < -0.39 is 22.8 Å². The molecule has 0 bridgehead atoms. The molecule has 0 unspecified atom stereocenters. The number of nitrogens with one attached hydrogen (secondary N) is 1. The summed E-state index contributed by atoms with van der Waals surface area (Å²) in [5.74, 6) is -0.710. The molecule has 6 nitrogen and oxygen atoms in total. The highest BCUT2D eigenvalue weighted by molar-refractivity contribution is 7.85. The fourth-order valence-electron chi connectivity index (χ4n) is 2.34. The largest absolute Gasteiger partial charge is 0.467 e. The summed E-state index contributed by atoms with van der Waals surface area (Å²) in [6.45, 7) is 0.925. The van der Waals surface area contributed by atoms with Crippen LogP contribution in [0.15, 0.2) is 35.2 Å². The molecule has 0 aromatic heterocycles. The lowest BCUT2D eigenvalue weighted by molar-refractivity contribution is -0.145. The molecule has 7 heteroatoms. The number of hydrogen-bond acceptors (Lipinski definition) is 5. The van der Waals surface area contributed by atoms with Crippen LogP contribution in [0.2, 0.25) is 0 Å². The Balaban J connectivity index is 1.91. The Morgan fingerprint density at radius 1 is 1.39 bits per heavy atom. The number of esters is 1. The van der Waals surface area contributed by atoms with Crippen LogP contribution in [0.5, 0.6) is 0 Å². The summed E-state index contributed by atoms with van der Waals surface area (Å²) >= 11 is 0. The molecule has 1 aliphatic heterocycles. The van der Waals surface area contributed by atoms with E-state index in [1.54, 1.807) is 12.1 Å². The zero-order valence-corrected chi connectivity index (χ0v) is 13.8. The molecule has 1 saturated heterocycles. The minimum Gasteiger partial charge on any atom is -0.467 e. The van der Waals surface area contributed by atoms with Crippen molar-refractivity contribution in [3.63, 3.8) is 0 Å². The van der Waals surface area contributed by atoms with Crippen molar-refractivity contribution in [2.75, 3.05) is 26.1 Å². The second kappa shape index (κ2) is 8.79. The summed E-state index contributed by atoms with van der Waals surface area (Å²) in [6, 6.07) is 8.23. The molecule has 1 aromatic rings. The number of amides is 1. The third-order valence-electron chi connectivity index (χ3n) is 3.70. The molecule has 23 heavy (non-hydrogen) atoms. The Bertz CT molecular complexity index is 557. The topological polar surface area (TPSA) is 81.7 Å². The van der Waals surface area contributed by atoms with Gasteiger partial charge in [-0.15, -0.1) is 0 Å². The van der Waals surface area contributed by atoms with Crippen molar-refractivity contribution in [1.82, 2.24) is 5.32 Å². The van der Waals surface area contributed by atoms with E-state index in [2.05, 4.69) is 5.32 Å². The number of hydrogen-bond donors (Lipinski definition) is 1. The number of rotatable bonds is 7. The monoisotopic (exact) mass is 339 g/mol. The summed E-state index contributed by atoms with van der Waals surface area (Å²) in [5.41, 5.74) is 0. The van der Waals surface area contributed by atoms with Gasteiger partial charge in [-0.2, -0.15) is 0 Å². The molecule has 1 aliphatic rings. The minimum absolute atomic E-state index is 0.219.